The lowest BCUT2D eigenvalue weighted by molar-refractivity contribution is -0.870. The van der Waals surface area contributed by atoms with E-state index in [0.717, 1.165) is 44.9 Å². The number of carbonyl (C=O) groups excluding carboxylic acids is 2. The van der Waals surface area contributed by atoms with Gasteiger partial charge in [0, 0.05) is 12.8 Å². The maximum Gasteiger partial charge on any atom is 0.472 e. The fourth-order valence-corrected chi connectivity index (χ4v) is 14.2. The van der Waals surface area contributed by atoms with E-state index in [1.807, 2.05) is 21.1 Å². The van der Waals surface area contributed by atoms with Crippen molar-refractivity contribution in [2.75, 3.05) is 47.5 Å². The SMILES string of the molecule is CCCCCCC/C=C\C/C=C\CCCCCCCCCCCCCCCCCCCCCCCCCCCC(=O)OC(COC(=O)CCCCCCCCCCCCCCCCCCCCCCCCCCCCCCCCCCCCC)COP(=O)(O)OCC[N+](C)(C)C. The summed E-state index contributed by atoms with van der Waals surface area (Å²) >= 11 is 0. The molecule has 0 aromatic carbocycles. The summed E-state index contributed by atoms with van der Waals surface area (Å²) in [6.45, 7) is 4.52. The quantitative estimate of drug-likeness (QED) is 0.0211. The number of esters is 2. The van der Waals surface area contributed by atoms with Gasteiger partial charge in [0.1, 0.15) is 19.8 Å². The molecular formula is C86H169NO8P+. The summed E-state index contributed by atoms with van der Waals surface area (Å²) in [5.41, 5.74) is 0. The standard InChI is InChI=1S/C86H168NO8P/c1-6-8-10-12-14-16-18-20-22-24-26-28-30-32-34-36-38-40-42-43-45-47-49-51-53-55-57-59-61-63-65-67-69-71-73-75-77-79-86(89)95-84(83-94-96(90,91)93-81-80-87(3,4)5)82-92-85(88)78-76-74-72-70-68-66-64-62-60-58-56-54-52-50-48-46-44-41-39-37-35-33-31-29-27-25-23-21-19-17-15-13-11-9-7-2/h18,20,24,26,84H,6-17,19,21-23,25,27-83H2,1-5H3/p+1/b20-18-,26-24-. The maximum atomic E-state index is 12.9. The van der Waals surface area contributed by atoms with E-state index in [4.69, 9.17) is 18.5 Å². The van der Waals surface area contributed by atoms with Crippen molar-refractivity contribution in [2.45, 2.75) is 469 Å². The van der Waals surface area contributed by atoms with Gasteiger partial charge in [-0.25, -0.2) is 4.57 Å². The first-order chi connectivity index (χ1) is 47.0. The van der Waals surface area contributed by atoms with Gasteiger partial charge in [-0.3, -0.25) is 18.6 Å². The van der Waals surface area contributed by atoms with Crippen molar-refractivity contribution in [3.05, 3.63) is 24.3 Å². The molecular weight excluding hydrogens is 1210 g/mol. The second-order valence-electron chi connectivity index (χ2n) is 30.9. The number of quaternary nitrogens is 1. The van der Waals surface area contributed by atoms with Gasteiger partial charge in [-0.2, -0.15) is 0 Å². The topological polar surface area (TPSA) is 108 Å². The molecule has 0 rings (SSSR count). The van der Waals surface area contributed by atoms with Crippen LogP contribution in [0, 0.1) is 0 Å². The zero-order valence-corrected chi connectivity index (χ0v) is 66.3. The van der Waals surface area contributed by atoms with Crippen LogP contribution in [0.1, 0.15) is 463 Å². The van der Waals surface area contributed by atoms with E-state index < -0.39 is 26.5 Å². The highest BCUT2D eigenvalue weighted by atomic mass is 31.2. The van der Waals surface area contributed by atoms with E-state index >= 15 is 0 Å². The average Bonchev–Trinajstić information content (AvgIpc) is 2.72. The number of likely N-dealkylation sites (N-methyl/N-ethyl adjacent to an activating group) is 1. The predicted molar refractivity (Wildman–Crippen MR) is 418 cm³/mol. The fourth-order valence-electron chi connectivity index (χ4n) is 13.4. The average molecular weight is 1380 g/mol. The molecule has 10 heteroatoms. The first-order valence-corrected chi connectivity index (χ1v) is 44.6. The Hall–Kier alpha value is -1.51. The summed E-state index contributed by atoms with van der Waals surface area (Å²) in [6, 6.07) is 0. The molecule has 0 saturated carbocycles. The molecule has 0 aliphatic heterocycles. The van der Waals surface area contributed by atoms with Crippen LogP contribution in [0.15, 0.2) is 24.3 Å². The van der Waals surface area contributed by atoms with Crippen LogP contribution >= 0.6 is 7.82 Å². The summed E-state index contributed by atoms with van der Waals surface area (Å²) in [6.07, 6.45) is 101. The minimum Gasteiger partial charge on any atom is -0.462 e. The molecule has 0 aromatic rings. The van der Waals surface area contributed by atoms with E-state index in [2.05, 4.69) is 38.2 Å². The highest BCUT2D eigenvalue weighted by Crippen LogP contribution is 2.43. The number of rotatable bonds is 82. The Labute approximate surface area is 599 Å². The van der Waals surface area contributed by atoms with Crippen LogP contribution in [-0.2, 0) is 32.7 Å². The number of hydrogen-bond acceptors (Lipinski definition) is 7. The molecule has 0 aromatic heterocycles. The lowest BCUT2D eigenvalue weighted by Crippen LogP contribution is -2.37. The lowest BCUT2D eigenvalue weighted by atomic mass is 10.0. The number of phosphoric acid groups is 1. The minimum absolute atomic E-state index is 0.0366. The molecule has 0 spiro atoms. The fraction of sp³-hybridized carbons (Fsp3) is 0.930. The van der Waals surface area contributed by atoms with Gasteiger partial charge in [-0.1, -0.05) is 430 Å². The lowest BCUT2D eigenvalue weighted by Gasteiger charge is -2.24. The van der Waals surface area contributed by atoms with Crippen molar-refractivity contribution < 1.29 is 42.1 Å². The van der Waals surface area contributed by atoms with E-state index in [0.29, 0.717) is 17.4 Å². The molecule has 2 atom stereocenters. The number of nitrogens with zero attached hydrogens (tertiary/aromatic N) is 1. The van der Waals surface area contributed by atoms with Gasteiger partial charge >= 0.3 is 19.8 Å². The predicted octanol–water partition coefficient (Wildman–Crippen LogP) is 28.7. The van der Waals surface area contributed by atoms with Gasteiger partial charge in [0.2, 0.25) is 0 Å². The first-order valence-electron chi connectivity index (χ1n) is 43.1. The molecule has 96 heavy (non-hydrogen) atoms. The summed E-state index contributed by atoms with van der Waals surface area (Å²) in [7, 11) is 1.51. The normalized spacial score (nSPS) is 13.0. The number of ether oxygens (including phenoxy) is 2. The molecule has 0 radical (unpaired) electrons. The van der Waals surface area contributed by atoms with Crippen molar-refractivity contribution in [2.24, 2.45) is 0 Å². The third-order valence-corrected chi connectivity index (χ3v) is 21.0. The molecule has 0 bridgehead atoms. The van der Waals surface area contributed by atoms with Crippen molar-refractivity contribution in [1.82, 2.24) is 0 Å². The number of unbranched alkanes of at least 4 members (excludes halogenated alkanes) is 64. The van der Waals surface area contributed by atoms with Crippen LogP contribution in [0.25, 0.3) is 0 Å². The summed E-state index contributed by atoms with van der Waals surface area (Å²) < 4.78 is 34.9. The molecule has 2 unspecified atom stereocenters. The Balaban J connectivity index is 3.85. The molecule has 570 valence electrons. The summed E-state index contributed by atoms with van der Waals surface area (Å²) in [5, 5.41) is 0. The van der Waals surface area contributed by atoms with Crippen molar-refractivity contribution >= 4 is 19.8 Å². The van der Waals surface area contributed by atoms with Crippen LogP contribution in [0.3, 0.4) is 0 Å². The number of hydrogen-bond donors (Lipinski definition) is 1. The molecule has 0 aliphatic carbocycles. The van der Waals surface area contributed by atoms with Crippen LogP contribution in [0.5, 0.6) is 0 Å². The maximum absolute atomic E-state index is 12.9. The Morgan fingerprint density at radius 1 is 0.323 bits per heavy atom. The van der Waals surface area contributed by atoms with Gasteiger partial charge in [-0.15, -0.1) is 0 Å². The van der Waals surface area contributed by atoms with Gasteiger partial charge < -0.3 is 18.9 Å². The highest BCUT2D eigenvalue weighted by molar-refractivity contribution is 7.47. The van der Waals surface area contributed by atoms with Crippen molar-refractivity contribution in [1.29, 1.82) is 0 Å². The van der Waals surface area contributed by atoms with Crippen molar-refractivity contribution in [3.63, 3.8) is 0 Å². The molecule has 0 saturated heterocycles. The molecule has 0 aliphatic rings. The molecule has 9 nitrogen and oxygen atoms in total. The second kappa shape index (κ2) is 77.6. The van der Waals surface area contributed by atoms with Gasteiger partial charge in [0.25, 0.3) is 0 Å². The smallest absolute Gasteiger partial charge is 0.462 e. The number of phosphoric ester groups is 1. The summed E-state index contributed by atoms with van der Waals surface area (Å²) in [5.74, 6) is -0.766. The van der Waals surface area contributed by atoms with Crippen LogP contribution in [-0.4, -0.2) is 74.9 Å². The zero-order valence-electron chi connectivity index (χ0n) is 65.4. The summed E-state index contributed by atoms with van der Waals surface area (Å²) in [4.78, 5) is 36.0. The van der Waals surface area contributed by atoms with Crippen LogP contribution < -0.4 is 0 Å². The van der Waals surface area contributed by atoms with Crippen LogP contribution in [0.2, 0.25) is 0 Å². The molecule has 0 heterocycles. The molecule has 0 amide bonds. The minimum atomic E-state index is -4.39. The Morgan fingerprint density at radius 2 is 0.562 bits per heavy atom. The third kappa shape index (κ3) is 81.5. The number of carbonyl (C=O) groups is 2. The van der Waals surface area contributed by atoms with E-state index in [1.54, 1.807) is 0 Å². The molecule has 0 fully saturated rings. The van der Waals surface area contributed by atoms with Crippen molar-refractivity contribution in [3.8, 4) is 0 Å². The largest absolute Gasteiger partial charge is 0.472 e. The number of allylic oxidation sites excluding steroid dienone is 4. The zero-order chi connectivity index (χ0) is 69.7. The van der Waals surface area contributed by atoms with E-state index in [9.17, 15) is 19.0 Å². The first kappa shape index (κ1) is 94.5. The third-order valence-electron chi connectivity index (χ3n) is 20.0. The Kier molecular flexibility index (Phi) is 76.4. The Morgan fingerprint density at radius 3 is 0.823 bits per heavy atom. The second-order valence-corrected chi connectivity index (χ2v) is 32.4. The van der Waals surface area contributed by atoms with Gasteiger partial charge in [-0.05, 0) is 44.9 Å². The van der Waals surface area contributed by atoms with E-state index in [1.165, 1.54) is 392 Å². The van der Waals surface area contributed by atoms with Crippen LogP contribution in [0.4, 0.5) is 0 Å². The van der Waals surface area contributed by atoms with Gasteiger partial charge in [0.15, 0.2) is 6.10 Å². The van der Waals surface area contributed by atoms with Gasteiger partial charge in [0.05, 0.1) is 27.7 Å². The highest BCUT2D eigenvalue weighted by Gasteiger charge is 2.27. The Bertz CT molecular complexity index is 1660. The molecule has 1 N–H and O–H groups in total. The monoisotopic (exact) mass is 1380 g/mol. The van der Waals surface area contributed by atoms with E-state index in [-0.39, 0.29) is 25.6 Å².